The summed E-state index contributed by atoms with van der Waals surface area (Å²) < 4.78 is 2.04. The molecule has 0 fully saturated rings. The third-order valence-corrected chi connectivity index (χ3v) is 5.71. The largest absolute Gasteiger partial charge is 0.318 e. The summed E-state index contributed by atoms with van der Waals surface area (Å²) in [7, 11) is 1.83. The molecule has 0 bridgehead atoms. The van der Waals surface area contributed by atoms with Crippen LogP contribution in [0, 0.1) is 6.92 Å². The van der Waals surface area contributed by atoms with Gasteiger partial charge in [-0.2, -0.15) is 0 Å². The highest BCUT2D eigenvalue weighted by Gasteiger charge is 2.41. The van der Waals surface area contributed by atoms with Crippen molar-refractivity contribution in [3.63, 3.8) is 0 Å². The molecule has 0 aliphatic carbocycles. The minimum absolute atomic E-state index is 0.0202. The Morgan fingerprint density at radius 2 is 1.93 bits per heavy atom. The number of hydrogen-bond donors (Lipinski definition) is 0. The number of aryl methyl sites for hydroxylation is 1. The van der Waals surface area contributed by atoms with Crippen molar-refractivity contribution in [2.75, 3.05) is 18.5 Å². The molecule has 1 aromatic carbocycles. The zero-order chi connectivity index (χ0) is 19.7. The maximum absolute atomic E-state index is 13.1. The van der Waals surface area contributed by atoms with Crippen LogP contribution in [0.3, 0.4) is 0 Å². The van der Waals surface area contributed by atoms with E-state index in [0.29, 0.717) is 12.2 Å². The number of aliphatic imine (C=N–C) groups is 1. The molecule has 0 radical (unpaired) electrons. The molecule has 2 aromatic rings. The second kappa shape index (κ2) is 7.78. The number of unbranched alkanes of at least 4 members (excludes halogenated alkanes) is 3. The van der Waals surface area contributed by atoms with E-state index in [9.17, 15) is 4.79 Å². The Hall–Kier alpha value is -2.63. The van der Waals surface area contributed by atoms with E-state index in [-0.39, 0.29) is 11.9 Å². The molecule has 3 heterocycles. The molecule has 28 heavy (non-hydrogen) atoms. The first kappa shape index (κ1) is 18.7. The predicted molar refractivity (Wildman–Crippen MR) is 112 cm³/mol. The lowest BCUT2D eigenvalue weighted by Gasteiger charge is -2.31. The van der Waals surface area contributed by atoms with E-state index in [0.717, 1.165) is 36.1 Å². The van der Waals surface area contributed by atoms with Gasteiger partial charge in [0.25, 0.3) is 5.91 Å². The van der Waals surface area contributed by atoms with Crippen LogP contribution < -0.4 is 4.90 Å². The van der Waals surface area contributed by atoms with Crippen molar-refractivity contribution in [2.24, 2.45) is 4.99 Å². The number of carbonyl (C=O) groups excluding carboxylic acids is 1. The summed E-state index contributed by atoms with van der Waals surface area (Å²) in [5, 5.41) is 0. The SMILES string of the molecule is CCCCCCC1CN2C(=N1)N(C)C(=O)c1c2nc(C)n1Cc1ccccc1. The zero-order valence-corrected chi connectivity index (χ0v) is 17.1. The number of rotatable bonds is 7. The molecule has 4 rings (SSSR count). The highest BCUT2D eigenvalue weighted by atomic mass is 16.2. The van der Waals surface area contributed by atoms with Gasteiger partial charge in [-0.1, -0.05) is 62.9 Å². The van der Waals surface area contributed by atoms with Gasteiger partial charge in [0.2, 0.25) is 5.96 Å². The van der Waals surface area contributed by atoms with Crippen molar-refractivity contribution in [2.45, 2.75) is 58.5 Å². The first-order valence-corrected chi connectivity index (χ1v) is 10.3. The number of benzene rings is 1. The Bertz CT molecular complexity index is 886. The fourth-order valence-electron chi connectivity index (χ4n) is 4.14. The molecule has 1 aromatic heterocycles. The van der Waals surface area contributed by atoms with Gasteiger partial charge in [-0.25, -0.2) is 9.98 Å². The topological polar surface area (TPSA) is 53.7 Å². The van der Waals surface area contributed by atoms with Gasteiger partial charge in [0.15, 0.2) is 11.5 Å². The summed E-state index contributed by atoms with van der Waals surface area (Å²) in [4.78, 5) is 26.6. The zero-order valence-electron chi connectivity index (χ0n) is 17.1. The van der Waals surface area contributed by atoms with Crippen molar-refractivity contribution >= 4 is 17.7 Å². The average molecular weight is 380 g/mol. The van der Waals surface area contributed by atoms with E-state index in [1.54, 1.807) is 4.90 Å². The smallest absolute Gasteiger partial charge is 0.280 e. The van der Waals surface area contributed by atoms with Crippen LogP contribution in [0.5, 0.6) is 0 Å². The Morgan fingerprint density at radius 3 is 2.68 bits per heavy atom. The van der Waals surface area contributed by atoms with Gasteiger partial charge in [0.05, 0.1) is 12.6 Å². The van der Waals surface area contributed by atoms with Crippen molar-refractivity contribution in [1.82, 2.24) is 14.5 Å². The third kappa shape index (κ3) is 3.32. The van der Waals surface area contributed by atoms with Gasteiger partial charge in [-0.15, -0.1) is 0 Å². The number of aromatic nitrogens is 2. The molecular weight excluding hydrogens is 350 g/mol. The van der Waals surface area contributed by atoms with Crippen LogP contribution >= 0.6 is 0 Å². The normalized spacial score (nSPS) is 18.3. The first-order chi connectivity index (χ1) is 13.6. The Labute approximate surface area is 166 Å². The lowest BCUT2D eigenvalue weighted by atomic mass is 10.1. The number of guanidine groups is 1. The number of imidazole rings is 1. The number of amides is 1. The lowest BCUT2D eigenvalue weighted by molar-refractivity contribution is 0.0855. The molecule has 0 N–H and O–H groups in total. The maximum atomic E-state index is 13.1. The summed E-state index contributed by atoms with van der Waals surface area (Å²) in [6, 6.07) is 10.5. The molecule has 2 aliphatic heterocycles. The van der Waals surface area contributed by atoms with E-state index in [1.165, 1.54) is 25.7 Å². The number of nitrogens with zero attached hydrogens (tertiary/aromatic N) is 5. The van der Waals surface area contributed by atoms with Gasteiger partial charge in [0, 0.05) is 13.6 Å². The molecule has 2 aliphatic rings. The molecule has 6 heteroatoms. The second-order valence-electron chi connectivity index (χ2n) is 7.81. The Balaban J connectivity index is 1.60. The molecular formula is C22H29N5O. The predicted octanol–water partition coefficient (Wildman–Crippen LogP) is 3.84. The molecule has 0 saturated heterocycles. The Morgan fingerprint density at radius 1 is 1.14 bits per heavy atom. The molecule has 0 saturated carbocycles. The highest BCUT2D eigenvalue weighted by molar-refractivity contribution is 6.17. The lowest BCUT2D eigenvalue weighted by Crippen LogP contribution is -2.48. The van der Waals surface area contributed by atoms with Crippen LogP contribution in [0.25, 0.3) is 0 Å². The van der Waals surface area contributed by atoms with Crippen molar-refractivity contribution < 1.29 is 4.79 Å². The van der Waals surface area contributed by atoms with Crippen molar-refractivity contribution in [3.8, 4) is 0 Å². The molecule has 1 amide bonds. The average Bonchev–Trinajstić information content (AvgIpc) is 3.26. The van der Waals surface area contributed by atoms with Crippen LogP contribution in [-0.4, -0.2) is 46.0 Å². The molecule has 1 unspecified atom stereocenters. The maximum Gasteiger partial charge on any atom is 0.280 e. The van der Waals surface area contributed by atoms with Gasteiger partial charge >= 0.3 is 0 Å². The van der Waals surface area contributed by atoms with Gasteiger partial charge in [-0.05, 0) is 18.9 Å². The van der Waals surface area contributed by atoms with Crippen LogP contribution in [0.15, 0.2) is 35.3 Å². The fourth-order valence-corrected chi connectivity index (χ4v) is 4.14. The summed E-state index contributed by atoms with van der Waals surface area (Å²) in [6.07, 6.45) is 6.03. The summed E-state index contributed by atoms with van der Waals surface area (Å²) in [6.45, 7) is 5.67. The first-order valence-electron chi connectivity index (χ1n) is 10.3. The van der Waals surface area contributed by atoms with E-state index in [2.05, 4.69) is 24.0 Å². The number of fused-ring (bicyclic) bond motifs is 3. The van der Waals surface area contributed by atoms with E-state index in [4.69, 9.17) is 9.98 Å². The van der Waals surface area contributed by atoms with Gasteiger partial charge < -0.3 is 4.57 Å². The van der Waals surface area contributed by atoms with Crippen LogP contribution in [0.4, 0.5) is 5.82 Å². The molecule has 148 valence electrons. The quantitative estimate of drug-likeness (QED) is 0.687. The van der Waals surface area contributed by atoms with Crippen molar-refractivity contribution in [1.29, 1.82) is 0 Å². The van der Waals surface area contributed by atoms with E-state index >= 15 is 0 Å². The fraction of sp³-hybridized carbons (Fsp3) is 0.500. The molecule has 0 spiro atoms. The van der Waals surface area contributed by atoms with E-state index in [1.807, 2.05) is 36.7 Å². The van der Waals surface area contributed by atoms with Crippen molar-refractivity contribution in [3.05, 3.63) is 47.4 Å². The summed E-state index contributed by atoms with van der Waals surface area (Å²) >= 11 is 0. The minimum Gasteiger partial charge on any atom is -0.318 e. The Kier molecular flexibility index (Phi) is 5.20. The molecule has 6 nitrogen and oxygen atoms in total. The standard InChI is InChI=1S/C22H29N5O/c1-4-5-6-10-13-18-15-27-20-19(21(28)25(3)22(27)24-18)26(16(2)23-20)14-17-11-8-7-9-12-17/h7-9,11-12,18H,4-6,10,13-15H2,1-3H3. The monoisotopic (exact) mass is 379 g/mol. The summed E-state index contributed by atoms with van der Waals surface area (Å²) in [5.41, 5.74) is 1.84. The van der Waals surface area contributed by atoms with Crippen LogP contribution in [-0.2, 0) is 6.54 Å². The summed E-state index contributed by atoms with van der Waals surface area (Å²) in [5.74, 6) is 2.37. The third-order valence-electron chi connectivity index (χ3n) is 5.71. The van der Waals surface area contributed by atoms with Crippen LogP contribution in [0.2, 0.25) is 0 Å². The van der Waals surface area contributed by atoms with Gasteiger partial charge in [-0.3, -0.25) is 14.6 Å². The minimum atomic E-state index is -0.0202. The highest BCUT2D eigenvalue weighted by Crippen LogP contribution is 2.33. The number of anilines is 1. The second-order valence-corrected chi connectivity index (χ2v) is 7.81. The van der Waals surface area contributed by atoms with Crippen LogP contribution in [0.1, 0.15) is 60.9 Å². The van der Waals surface area contributed by atoms with E-state index < -0.39 is 0 Å². The number of carbonyl (C=O) groups is 1. The van der Waals surface area contributed by atoms with Gasteiger partial charge in [0.1, 0.15) is 5.82 Å². The molecule has 1 atom stereocenters. The number of hydrogen-bond acceptors (Lipinski definition) is 4.